The fourth-order valence-corrected chi connectivity index (χ4v) is 3.83. The van der Waals surface area contributed by atoms with Crippen LogP contribution in [-0.2, 0) is 4.57 Å². The molecule has 0 saturated heterocycles. The van der Waals surface area contributed by atoms with Crippen LogP contribution in [0.3, 0.4) is 0 Å². The quantitative estimate of drug-likeness (QED) is 0.482. The molecule has 1 N–H and O–H groups in total. The number of aryl methyl sites for hydroxylation is 2. The minimum Gasteiger partial charge on any atom is -0.400 e. The molecule has 4 nitrogen and oxygen atoms in total. The Hall–Kier alpha value is -2.42. The molecule has 134 valence electrons. The third-order valence-corrected chi connectivity index (χ3v) is 5.25. The van der Waals surface area contributed by atoms with Gasteiger partial charge in [-0.05, 0) is 56.3 Å². The van der Waals surface area contributed by atoms with Crippen molar-refractivity contribution in [2.75, 3.05) is 5.09 Å². The number of nitrogens with one attached hydrogen (secondary N) is 1. The van der Waals surface area contributed by atoms with E-state index in [1.165, 1.54) is 0 Å². The van der Waals surface area contributed by atoms with Gasteiger partial charge >= 0.3 is 7.75 Å². The summed E-state index contributed by atoms with van der Waals surface area (Å²) in [6.45, 7) is 3.94. The van der Waals surface area contributed by atoms with Crippen LogP contribution < -0.4 is 14.1 Å². The summed E-state index contributed by atoms with van der Waals surface area (Å²) < 4.78 is 24.8. The SMILES string of the molecule is Cc1ccc(OP(=O)(Nc2cccc(Cl)c2)Oc2ccc(C)cc2)cc1. The Morgan fingerprint density at radius 2 is 1.31 bits per heavy atom. The van der Waals surface area contributed by atoms with Gasteiger partial charge < -0.3 is 9.05 Å². The molecular weight excluding hydrogens is 369 g/mol. The van der Waals surface area contributed by atoms with Crippen LogP contribution in [0.5, 0.6) is 11.5 Å². The Morgan fingerprint density at radius 3 is 1.77 bits per heavy atom. The van der Waals surface area contributed by atoms with E-state index in [1.807, 2.05) is 38.1 Å². The van der Waals surface area contributed by atoms with Gasteiger partial charge in [-0.25, -0.2) is 4.57 Å². The van der Waals surface area contributed by atoms with E-state index >= 15 is 0 Å². The first-order valence-electron chi connectivity index (χ1n) is 8.08. The summed E-state index contributed by atoms with van der Waals surface area (Å²) in [4.78, 5) is 0. The van der Waals surface area contributed by atoms with Gasteiger partial charge in [0.25, 0.3) is 0 Å². The summed E-state index contributed by atoms with van der Waals surface area (Å²) in [5, 5.41) is 3.37. The second-order valence-corrected chi connectivity index (χ2v) is 7.95. The van der Waals surface area contributed by atoms with Crippen molar-refractivity contribution in [3.05, 3.63) is 88.9 Å². The fraction of sp³-hybridized carbons (Fsp3) is 0.100. The lowest BCUT2D eigenvalue weighted by Crippen LogP contribution is -2.10. The highest BCUT2D eigenvalue weighted by molar-refractivity contribution is 7.56. The van der Waals surface area contributed by atoms with Crippen LogP contribution in [0.2, 0.25) is 5.02 Å². The smallest absolute Gasteiger partial charge is 0.400 e. The average Bonchev–Trinajstić information content (AvgIpc) is 2.59. The molecule has 0 unspecified atom stereocenters. The Kier molecular flexibility index (Phi) is 5.55. The zero-order chi connectivity index (χ0) is 18.6. The number of hydrogen-bond acceptors (Lipinski definition) is 3. The minimum atomic E-state index is -3.74. The lowest BCUT2D eigenvalue weighted by atomic mass is 10.2. The van der Waals surface area contributed by atoms with Crippen LogP contribution in [0.25, 0.3) is 0 Å². The Balaban J connectivity index is 1.89. The summed E-state index contributed by atoms with van der Waals surface area (Å²) >= 11 is 6.02. The zero-order valence-corrected chi connectivity index (χ0v) is 16.1. The van der Waals surface area contributed by atoms with Gasteiger partial charge in [-0.3, -0.25) is 5.09 Å². The van der Waals surface area contributed by atoms with Gasteiger partial charge in [-0.2, -0.15) is 0 Å². The maximum Gasteiger partial charge on any atom is 0.541 e. The van der Waals surface area contributed by atoms with Crippen LogP contribution >= 0.6 is 19.3 Å². The van der Waals surface area contributed by atoms with E-state index in [0.29, 0.717) is 22.2 Å². The van der Waals surface area contributed by atoms with E-state index in [4.69, 9.17) is 20.6 Å². The predicted octanol–water partition coefficient (Wildman–Crippen LogP) is 6.63. The minimum absolute atomic E-state index is 0.445. The second kappa shape index (κ2) is 7.86. The molecule has 0 aromatic heterocycles. The van der Waals surface area contributed by atoms with E-state index in [1.54, 1.807) is 48.5 Å². The maximum absolute atomic E-state index is 13.4. The molecule has 0 atom stereocenters. The lowest BCUT2D eigenvalue weighted by Gasteiger charge is -2.21. The predicted molar refractivity (Wildman–Crippen MR) is 106 cm³/mol. The molecule has 26 heavy (non-hydrogen) atoms. The number of hydrogen-bond donors (Lipinski definition) is 1. The van der Waals surface area contributed by atoms with Gasteiger partial charge in [0.2, 0.25) is 0 Å². The standard InChI is InChI=1S/C20H19ClNO3P/c1-15-6-10-19(11-7-15)24-26(23,22-18-5-3-4-17(21)14-18)25-20-12-8-16(2)9-13-20/h3-14H,1-2H3,(H,22,23). The summed E-state index contributed by atoms with van der Waals surface area (Å²) in [7, 11) is -3.74. The first kappa shape index (κ1) is 18.4. The van der Waals surface area contributed by atoms with Crippen molar-refractivity contribution in [2.24, 2.45) is 0 Å². The molecule has 0 aliphatic heterocycles. The molecular formula is C20H19ClNO3P. The molecule has 3 aromatic carbocycles. The molecule has 6 heteroatoms. The van der Waals surface area contributed by atoms with Crippen molar-refractivity contribution in [2.45, 2.75) is 13.8 Å². The molecule has 3 rings (SSSR count). The van der Waals surface area contributed by atoms with E-state index in [2.05, 4.69) is 5.09 Å². The molecule has 0 saturated carbocycles. The largest absolute Gasteiger partial charge is 0.541 e. The topological polar surface area (TPSA) is 47.6 Å². The molecule has 0 heterocycles. The van der Waals surface area contributed by atoms with Crippen LogP contribution in [-0.4, -0.2) is 0 Å². The van der Waals surface area contributed by atoms with E-state index in [9.17, 15) is 4.57 Å². The monoisotopic (exact) mass is 387 g/mol. The van der Waals surface area contributed by atoms with Crippen molar-refractivity contribution in [3.8, 4) is 11.5 Å². The van der Waals surface area contributed by atoms with Crippen LogP contribution in [0.4, 0.5) is 5.69 Å². The van der Waals surface area contributed by atoms with Gasteiger partial charge in [0, 0.05) is 10.7 Å². The van der Waals surface area contributed by atoms with Crippen LogP contribution in [0.15, 0.2) is 72.8 Å². The average molecular weight is 388 g/mol. The summed E-state index contributed by atoms with van der Waals surface area (Å²) in [5.74, 6) is 0.890. The Morgan fingerprint density at radius 1 is 0.808 bits per heavy atom. The summed E-state index contributed by atoms with van der Waals surface area (Å²) in [6.07, 6.45) is 0. The number of rotatable bonds is 6. The van der Waals surface area contributed by atoms with E-state index < -0.39 is 7.75 Å². The Labute approximate surface area is 158 Å². The Bertz CT molecular complexity index is 875. The number of benzene rings is 3. The molecule has 0 aliphatic rings. The summed E-state index contributed by atoms with van der Waals surface area (Å²) in [5.41, 5.74) is 2.70. The van der Waals surface area contributed by atoms with Crippen molar-refractivity contribution in [1.29, 1.82) is 0 Å². The van der Waals surface area contributed by atoms with Gasteiger partial charge in [0.15, 0.2) is 0 Å². The van der Waals surface area contributed by atoms with Crippen molar-refractivity contribution >= 4 is 25.0 Å². The number of halogens is 1. The normalized spacial score (nSPS) is 11.0. The highest BCUT2D eigenvalue weighted by Gasteiger charge is 2.29. The van der Waals surface area contributed by atoms with Crippen LogP contribution in [0, 0.1) is 13.8 Å². The molecule has 0 spiro atoms. The fourth-order valence-electron chi connectivity index (χ4n) is 2.26. The molecule has 0 amide bonds. The first-order chi connectivity index (χ1) is 12.4. The molecule has 0 aliphatic carbocycles. The van der Waals surface area contributed by atoms with Gasteiger partial charge in [-0.1, -0.05) is 53.1 Å². The molecule has 3 aromatic rings. The highest BCUT2D eigenvalue weighted by Crippen LogP contribution is 2.48. The molecule has 0 radical (unpaired) electrons. The number of anilines is 1. The molecule has 0 fully saturated rings. The van der Waals surface area contributed by atoms with Gasteiger partial charge in [-0.15, -0.1) is 0 Å². The summed E-state index contributed by atoms with van der Waals surface area (Å²) in [6, 6.07) is 21.4. The van der Waals surface area contributed by atoms with Crippen LogP contribution in [0.1, 0.15) is 11.1 Å². The molecule has 0 bridgehead atoms. The van der Waals surface area contributed by atoms with Crippen molar-refractivity contribution < 1.29 is 13.6 Å². The lowest BCUT2D eigenvalue weighted by molar-refractivity contribution is 0.393. The maximum atomic E-state index is 13.4. The zero-order valence-electron chi connectivity index (χ0n) is 14.5. The third-order valence-electron chi connectivity index (χ3n) is 3.58. The first-order valence-corrected chi connectivity index (χ1v) is 10.0. The van der Waals surface area contributed by atoms with Gasteiger partial charge in [0.1, 0.15) is 11.5 Å². The van der Waals surface area contributed by atoms with E-state index in [-0.39, 0.29) is 0 Å². The third kappa shape index (κ3) is 5.04. The van der Waals surface area contributed by atoms with Crippen molar-refractivity contribution in [3.63, 3.8) is 0 Å². The van der Waals surface area contributed by atoms with E-state index in [0.717, 1.165) is 11.1 Å². The van der Waals surface area contributed by atoms with Crippen molar-refractivity contribution in [1.82, 2.24) is 0 Å². The van der Waals surface area contributed by atoms with Gasteiger partial charge in [0.05, 0.1) is 0 Å². The second-order valence-electron chi connectivity index (χ2n) is 5.93. The highest BCUT2D eigenvalue weighted by atomic mass is 35.5.